The first-order valence-electron chi connectivity index (χ1n) is 8.96. The number of hydrogen-bond donors (Lipinski definition) is 1. The molecule has 2 aromatic rings. The topological polar surface area (TPSA) is 86.7 Å². The Morgan fingerprint density at radius 3 is 2.56 bits per heavy atom. The molecule has 0 aliphatic rings. The normalized spacial score (nSPS) is 12.3. The number of hydrogen-bond acceptors (Lipinski definition) is 4. The number of nitrogens with zero attached hydrogens (tertiary/aromatic N) is 2. The van der Waals surface area contributed by atoms with Gasteiger partial charge in [-0.05, 0) is 63.3 Å². The van der Waals surface area contributed by atoms with E-state index in [1.165, 1.54) is 30.8 Å². The summed E-state index contributed by atoms with van der Waals surface area (Å²) in [4.78, 5) is 28.7. The number of carbonyl (C=O) groups excluding carboxylic acids is 2. The largest absolute Gasteiger partial charge is 0.496 e. The Morgan fingerprint density at radius 2 is 2.00 bits per heavy atom. The summed E-state index contributed by atoms with van der Waals surface area (Å²) in [6.45, 7) is 8.46. The fraction of sp³-hybridized carbons (Fsp3) is 0.450. The lowest BCUT2D eigenvalue weighted by atomic mass is 10.1. The molecule has 0 bridgehead atoms. The predicted molar refractivity (Wildman–Crippen MR) is 107 cm³/mol. The molecule has 2 rings (SSSR count). The second kappa shape index (κ2) is 8.52. The fourth-order valence-corrected chi connectivity index (χ4v) is 3.55. The van der Waals surface area contributed by atoms with E-state index in [0.29, 0.717) is 10.4 Å². The molecule has 0 radical (unpaired) electrons. The smallest absolute Gasteiger partial charge is 0.282 e. The summed E-state index contributed by atoms with van der Waals surface area (Å²) >= 11 is 1.46. The van der Waals surface area contributed by atoms with Crippen LogP contribution in [0.5, 0.6) is 5.75 Å². The first kappa shape index (κ1) is 20.9. The second-order valence-electron chi connectivity index (χ2n) is 7.35. The Labute approximate surface area is 163 Å². The van der Waals surface area contributed by atoms with Crippen molar-refractivity contribution in [1.82, 2.24) is 3.96 Å². The Bertz CT molecular complexity index is 904. The van der Waals surface area contributed by atoms with Crippen LogP contribution in [0.15, 0.2) is 29.4 Å². The second-order valence-corrected chi connectivity index (χ2v) is 8.31. The van der Waals surface area contributed by atoms with Gasteiger partial charge in [-0.25, -0.2) is 0 Å². The number of carbonyl (C=O) groups is 2. The lowest BCUT2D eigenvalue weighted by Crippen LogP contribution is -2.18. The van der Waals surface area contributed by atoms with Crippen LogP contribution in [-0.2, 0) is 12.0 Å². The van der Waals surface area contributed by atoms with Crippen molar-refractivity contribution in [2.45, 2.75) is 52.5 Å². The van der Waals surface area contributed by atoms with E-state index in [1.54, 1.807) is 6.07 Å². The molecule has 0 spiro atoms. The summed E-state index contributed by atoms with van der Waals surface area (Å²) in [5.41, 5.74) is 6.77. The summed E-state index contributed by atoms with van der Waals surface area (Å²) in [7, 11) is 1.47. The highest BCUT2D eigenvalue weighted by molar-refractivity contribution is 7.04. The van der Waals surface area contributed by atoms with E-state index in [4.69, 9.17) is 10.5 Å². The number of rotatable bonds is 6. The third kappa shape index (κ3) is 5.07. The van der Waals surface area contributed by atoms with Gasteiger partial charge in [-0.3, -0.25) is 13.5 Å². The van der Waals surface area contributed by atoms with Crippen LogP contribution in [-0.4, -0.2) is 22.9 Å². The van der Waals surface area contributed by atoms with Crippen LogP contribution in [0.4, 0.5) is 0 Å². The van der Waals surface area contributed by atoms with Gasteiger partial charge >= 0.3 is 0 Å². The zero-order valence-electron chi connectivity index (χ0n) is 16.5. The highest BCUT2D eigenvalue weighted by atomic mass is 32.1. The van der Waals surface area contributed by atoms with E-state index in [-0.39, 0.29) is 16.7 Å². The van der Waals surface area contributed by atoms with E-state index in [2.05, 4.69) is 42.8 Å². The maximum Gasteiger partial charge on any atom is 0.282 e. The van der Waals surface area contributed by atoms with Gasteiger partial charge in [0.1, 0.15) is 10.4 Å². The summed E-state index contributed by atoms with van der Waals surface area (Å²) < 4.78 is 8.06. The monoisotopic (exact) mass is 389 g/mol. The van der Waals surface area contributed by atoms with Crippen LogP contribution in [0, 0.1) is 0 Å². The average Bonchev–Trinajstić information content (AvgIpc) is 3.02. The van der Waals surface area contributed by atoms with E-state index >= 15 is 0 Å². The van der Waals surface area contributed by atoms with Crippen LogP contribution in [0.2, 0.25) is 0 Å². The van der Waals surface area contributed by atoms with Crippen molar-refractivity contribution < 1.29 is 14.3 Å². The molecule has 0 aliphatic heterocycles. The number of methoxy groups -OCH3 is 1. The maximum absolute atomic E-state index is 12.9. The Morgan fingerprint density at radius 1 is 1.30 bits per heavy atom. The molecule has 0 fully saturated rings. The molecular formula is C20H27N3O3S. The maximum atomic E-state index is 12.9. The van der Waals surface area contributed by atoms with Crippen LogP contribution >= 0.6 is 11.5 Å². The summed E-state index contributed by atoms with van der Waals surface area (Å²) in [5, 5.41) is 0. The van der Waals surface area contributed by atoms with Crippen molar-refractivity contribution in [1.29, 1.82) is 0 Å². The molecule has 1 heterocycles. The van der Waals surface area contributed by atoms with Gasteiger partial charge in [0.25, 0.3) is 5.91 Å². The number of amides is 2. The number of unbranched alkanes of at least 4 members (excludes halogenated alkanes) is 1. The lowest BCUT2D eigenvalue weighted by molar-refractivity contribution is 0.0995. The minimum Gasteiger partial charge on any atom is -0.496 e. The van der Waals surface area contributed by atoms with Gasteiger partial charge in [0, 0.05) is 22.9 Å². The molecule has 0 aliphatic carbocycles. The molecule has 146 valence electrons. The van der Waals surface area contributed by atoms with Gasteiger partial charge in [-0.15, -0.1) is 0 Å². The molecule has 1 aromatic carbocycles. The van der Waals surface area contributed by atoms with E-state index < -0.39 is 11.8 Å². The minimum atomic E-state index is -0.600. The molecule has 0 unspecified atom stereocenters. The first-order valence-corrected chi connectivity index (χ1v) is 9.74. The zero-order valence-corrected chi connectivity index (χ0v) is 17.4. The quantitative estimate of drug-likeness (QED) is 0.820. The van der Waals surface area contributed by atoms with Crippen molar-refractivity contribution in [3.63, 3.8) is 0 Å². The van der Waals surface area contributed by atoms with E-state index in [0.717, 1.165) is 24.8 Å². The molecular weight excluding hydrogens is 362 g/mol. The summed E-state index contributed by atoms with van der Waals surface area (Å²) in [6.07, 6.45) is 5.02. The van der Waals surface area contributed by atoms with Crippen LogP contribution in [0.1, 0.15) is 66.8 Å². The van der Waals surface area contributed by atoms with Crippen molar-refractivity contribution >= 4 is 23.3 Å². The molecule has 0 saturated heterocycles. The van der Waals surface area contributed by atoms with Gasteiger partial charge in [-0.2, -0.15) is 4.99 Å². The summed E-state index contributed by atoms with van der Waals surface area (Å²) in [5.74, 6) is -0.684. The summed E-state index contributed by atoms with van der Waals surface area (Å²) in [6, 6.07) is 4.53. The van der Waals surface area contributed by atoms with Crippen LogP contribution in [0.3, 0.4) is 0 Å². The number of aromatic nitrogens is 1. The van der Waals surface area contributed by atoms with Gasteiger partial charge in [0.05, 0.1) is 12.7 Å². The van der Waals surface area contributed by atoms with Crippen LogP contribution in [0.25, 0.3) is 0 Å². The highest BCUT2D eigenvalue weighted by Crippen LogP contribution is 2.22. The van der Waals surface area contributed by atoms with Gasteiger partial charge in [0.15, 0.2) is 0 Å². The Balaban J connectivity index is 2.54. The highest BCUT2D eigenvalue weighted by Gasteiger charge is 2.18. The van der Waals surface area contributed by atoms with E-state index in [9.17, 15) is 9.59 Å². The third-order valence-electron chi connectivity index (χ3n) is 4.11. The predicted octanol–water partition coefficient (Wildman–Crippen LogP) is 3.50. The fourth-order valence-electron chi connectivity index (χ4n) is 2.52. The Hall–Kier alpha value is -2.41. The van der Waals surface area contributed by atoms with Crippen molar-refractivity contribution in [3.8, 4) is 5.75 Å². The number of ether oxygens (including phenoxy) is 1. The number of nitrogens with two attached hydrogens (primary N) is 1. The van der Waals surface area contributed by atoms with Crippen molar-refractivity contribution in [3.05, 3.63) is 45.8 Å². The molecule has 0 atom stereocenters. The first-order chi connectivity index (χ1) is 12.7. The minimum absolute atomic E-state index is 0.0912. The molecule has 2 N–H and O–H groups in total. The van der Waals surface area contributed by atoms with Gasteiger partial charge < -0.3 is 10.5 Å². The number of primary amides is 1. The lowest BCUT2D eigenvalue weighted by Gasteiger charge is -2.19. The van der Waals surface area contributed by atoms with Gasteiger partial charge in [0.2, 0.25) is 5.91 Å². The molecule has 1 aromatic heterocycles. The van der Waals surface area contributed by atoms with Gasteiger partial charge in [-0.1, -0.05) is 13.3 Å². The number of aryl methyl sites for hydroxylation is 1. The zero-order chi connectivity index (χ0) is 20.2. The molecule has 0 saturated carbocycles. The standard InChI is InChI=1S/C20H27N3O3S/c1-6-7-8-14-12-23(20(2,3)4)27-19(14)22-18(25)15-11-13(17(21)24)9-10-16(15)26-5/h9-12H,6-8H2,1-5H3,(H2,21,24). The third-order valence-corrected chi connectivity index (χ3v) is 5.49. The SMILES string of the molecule is CCCCc1cn(C(C)(C)C)sc1=NC(=O)c1cc(C(N)=O)ccc1OC. The average molecular weight is 390 g/mol. The molecule has 7 heteroatoms. The van der Waals surface area contributed by atoms with Crippen molar-refractivity contribution in [2.75, 3.05) is 7.11 Å². The molecule has 27 heavy (non-hydrogen) atoms. The number of benzene rings is 1. The van der Waals surface area contributed by atoms with E-state index in [1.807, 2.05) is 0 Å². The Kier molecular flexibility index (Phi) is 6.59. The van der Waals surface area contributed by atoms with Crippen molar-refractivity contribution in [2.24, 2.45) is 10.7 Å². The molecule has 2 amide bonds. The van der Waals surface area contributed by atoms with Crippen LogP contribution < -0.4 is 15.1 Å². The molecule has 6 nitrogen and oxygen atoms in total.